The molecule has 0 saturated carbocycles. The van der Waals surface area contributed by atoms with Crippen LogP contribution < -0.4 is 24.8 Å². The highest BCUT2D eigenvalue weighted by Crippen LogP contribution is 2.08. The maximum atomic E-state index is 10.9. The maximum absolute atomic E-state index is 10.9. The van der Waals surface area contributed by atoms with Crippen LogP contribution in [0.1, 0.15) is 5.56 Å². The molecule has 172 valence electrons. The van der Waals surface area contributed by atoms with Gasteiger partial charge in [-0.1, -0.05) is 43.5 Å². The van der Waals surface area contributed by atoms with Gasteiger partial charge >= 0.3 is 11.9 Å². The zero-order chi connectivity index (χ0) is 21.6. The Hall–Kier alpha value is -1.86. The lowest BCUT2D eigenvalue weighted by Crippen LogP contribution is -3.00. The molecule has 1 aromatic rings. The van der Waals surface area contributed by atoms with Crippen LogP contribution in [0.3, 0.4) is 0 Å². The first-order chi connectivity index (χ1) is 13.0. The van der Waals surface area contributed by atoms with Crippen LogP contribution in [0.15, 0.2) is 55.6 Å². The summed E-state index contributed by atoms with van der Waals surface area (Å²) in [5.41, 5.74) is 1.28. The van der Waals surface area contributed by atoms with Gasteiger partial charge in [0.15, 0.2) is 0 Å². The predicted molar refractivity (Wildman–Crippen MR) is 112 cm³/mol. The van der Waals surface area contributed by atoms with E-state index in [1.54, 1.807) is 0 Å². The molecule has 0 radical (unpaired) electrons. The van der Waals surface area contributed by atoms with Crippen LogP contribution in [-0.2, 0) is 25.6 Å². The number of nitrogens with zero attached hydrogens (tertiary/aromatic N) is 2. The van der Waals surface area contributed by atoms with Crippen molar-refractivity contribution in [1.29, 1.82) is 0 Å². The van der Waals surface area contributed by atoms with Crippen molar-refractivity contribution >= 4 is 11.9 Å². The smallest absolute Gasteiger partial charge is 0.330 e. The number of quaternary nitrogens is 2. The number of rotatable bonds is 10. The molecule has 0 saturated heterocycles. The van der Waals surface area contributed by atoms with Gasteiger partial charge in [-0.15, -0.1) is 0 Å². The van der Waals surface area contributed by atoms with E-state index in [1.165, 1.54) is 17.7 Å². The minimum Gasteiger partial charge on any atom is -1.00 e. The Balaban J connectivity index is -0.000000495. The summed E-state index contributed by atoms with van der Waals surface area (Å²) in [5.74, 6) is -0.705. The van der Waals surface area contributed by atoms with Crippen molar-refractivity contribution in [3.05, 3.63) is 61.2 Å². The van der Waals surface area contributed by atoms with E-state index >= 15 is 0 Å². The van der Waals surface area contributed by atoms with Gasteiger partial charge in [0.1, 0.15) is 32.8 Å². The van der Waals surface area contributed by atoms with Crippen molar-refractivity contribution in [2.45, 2.75) is 6.54 Å². The third-order valence-corrected chi connectivity index (χ3v) is 3.73. The second-order valence-corrected chi connectivity index (χ2v) is 8.06. The summed E-state index contributed by atoms with van der Waals surface area (Å²) in [5, 5.41) is 0. The molecular formula is C22H36Cl2N2O4. The summed E-state index contributed by atoms with van der Waals surface area (Å²) in [6, 6.07) is 10.3. The van der Waals surface area contributed by atoms with Gasteiger partial charge < -0.3 is 43.3 Å². The molecule has 0 fully saturated rings. The summed E-state index contributed by atoms with van der Waals surface area (Å²) in [6.07, 6.45) is 2.37. The summed E-state index contributed by atoms with van der Waals surface area (Å²) >= 11 is 0. The first-order valence-corrected chi connectivity index (χ1v) is 9.24. The largest absolute Gasteiger partial charge is 1.00 e. The molecule has 0 amide bonds. The van der Waals surface area contributed by atoms with Crippen molar-refractivity contribution in [1.82, 2.24) is 0 Å². The first kappa shape index (κ1) is 32.8. The standard InChI is InChI=1S/C14H20NO2.C8H16NO2.2ClH/c1-4-14(16)17-11-10-15(2,3)12-13-8-6-5-7-9-13;1-5-8(10)11-7-6-9(2,3)4;;/h4-9H,1,10-12H2,2-3H3;5H,1,6-7H2,2-4H3;2*1H/q2*+1;;/p-2. The molecule has 8 heteroatoms. The van der Waals surface area contributed by atoms with Crippen LogP contribution in [-0.4, -0.2) is 82.4 Å². The van der Waals surface area contributed by atoms with E-state index in [9.17, 15) is 9.59 Å². The number of likely N-dealkylation sites (N-methyl/N-ethyl adjacent to an activating group) is 2. The Morgan fingerprint density at radius 2 is 1.27 bits per heavy atom. The molecule has 0 aliphatic carbocycles. The number of hydrogen-bond donors (Lipinski definition) is 0. The second kappa shape index (κ2) is 16.9. The number of carbonyl (C=O) groups is 2. The Kier molecular flexibility index (Phi) is 18.5. The molecule has 30 heavy (non-hydrogen) atoms. The fourth-order valence-corrected chi connectivity index (χ4v) is 2.09. The van der Waals surface area contributed by atoms with Gasteiger partial charge in [-0.3, -0.25) is 0 Å². The predicted octanol–water partition coefficient (Wildman–Crippen LogP) is -3.58. The topological polar surface area (TPSA) is 52.6 Å². The highest BCUT2D eigenvalue weighted by Gasteiger charge is 2.16. The number of halogens is 2. The molecule has 0 N–H and O–H groups in total. The zero-order valence-corrected chi connectivity index (χ0v) is 20.3. The van der Waals surface area contributed by atoms with Crippen LogP contribution in [0.4, 0.5) is 0 Å². The number of carbonyl (C=O) groups excluding carboxylic acids is 2. The van der Waals surface area contributed by atoms with Crippen molar-refractivity contribution in [2.75, 3.05) is 61.5 Å². The molecule has 0 atom stereocenters. The summed E-state index contributed by atoms with van der Waals surface area (Å²) in [6.45, 7) is 10.1. The lowest BCUT2D eigenvalue weighted by Gasteiger charge is -2.29. The van der Waals surface area contributed by atoms with Gasteiger partial charge in [-0.05, 0) is 0 Å². The molecule has 0 heterocycles. The Bertz CT molecular complexity index is 630. The van der Waals surface area contributed by atoms with Crippen molar-refractivity contribution in [3.63, 3.8) is 0 Å². The highest BCUT2D eigenvalue weighted by atomic mass is 35.5. The normalized spacial score (nSPS) is 10.2. The van der Waals surface area contributed by atoms with E-state index in [1.807, 2.05) is 39.3 Å². The fourth-order valence-electron chi connectivity index (χ4n) is 2.09. The number of esters is 2. The summed E-state index contributed by atoms with van der Waals surface area (Å²) in [4.78, 5) is 21.5. The van der Waals surface area contributed by atoms with Gasteiger partial charge in [0, 0.05) is 17.7 Å². The molecule has 1 rings (SSSR count). The van der Waals surface area contributed by atoms with Gasteiger partial charge in [-0.25, -0.2) is 9.59 Å². The number of ether oxygens (including phenoxy) is 2. The van der Waals surface area contributed by atoms with Crippen LogP contribution in [0, 0.1) is 0 Å². The monoisotopic (exact) mass is 462 g/mol. The van der Waals surface area contributed by atoms with Gasteiger partial charge in [-0.2, -0.15) is 0 Å². The van der Waals surface area contributed by atoms with Crippen LogP contribution >= 0.6 is 0 Å². The Morgan fingerprint density at radius 1 is 0.833 bits per heavy atom. The van der Waals surface area contributed by atoms with E-state index in [0.29, 0.717) is 13.2 Å². The maximum Gasteiger partial charge on any atom is 0.330 e. The SMILES string of the molecule is C=CC(=O)OCC[N+](C)(C)C.C=CC(=O)OCC[N+](C)(C)Cc1ccccc1.[Cl-].[Cl-]. The molecule has 0 aromatic heterocycles. The number of benzene rings is 1. The lowest BCUT2D eigenvalue weighted by atomic mass is 10.2. The fraction of sp³-hybridized carbons (Fsp3) is 0.455. The zero-order valence-electron chi connectivity index (χ0n) is 18.8. The molecule has 0 unspecified atom stereocenters. The number of hydrogen-bond acceptors (Lipinski definition) is 4. The lowest BCUT2D eigenvalue weighted by molar-refractivity contribution is -0.903. The third-order valence-electron chi connectivity index (χ3n) is 3.73. The summed E-state index contributed by atoms with van der Waals surface area (Å²) in [7, 11) is 10.4. The second-order valence-electron chi connectivity index (χ2n) is 8.06. The van der Waals surface area contributed by atoms with Crippen molar-refractivity contribution in [3.8, 4) is 0 Å². The average molecular weight is 463 g/mol. The van der Waals surface area contributed by atoms with E-state index in [-0.39, 0.29) is 36.8 Å². The first-order valence-electron chi connectivity index (χ1n) is 9.24. The van der Waals surface area contributed by atoms with Crippen LogP contribution in [0.25, 0.3) is 0 Å². The Labute approximate surface area is 194 Å². The van der Waals surface area contributed by atoms with Crippen LogP contribution in [0.2, 0.25) is 0 Å². The quantitative estimate of drug-likeness (QED) is 0.205. The minimum atomic E-state index is -0.357. The average Bonchev–Trinajstić information content (AvgIpc) is 2.61. The molecular weight excluding hydrogens is 427 g/mol. The van der Waals surface area contributed by atoms with E-state index in [2.05, 4.69) is 39.4 Å². The van der Waals surface area contributed by atoms with Crippen molar-refractivity contribution < 1.29 is 52.8 Å². The van der Waals surface area contributed by atoms with E-state index in [4.69, 9.17) is 9.47 Å². The minimum absolute atomic E-state index is 0. The third kappa shape index (κ3) is 19.5. The molecule has 0 spiro atoms. The Morgan fingerprint density at radius 3 is 1.67 bits per heavy atom. The summed E-state index contributed by atoms with van der Waals surface area (Å²) < 4.78 is 11.4. The van der Waals surface area contributed by atoms with E-state index < -0.39 is 0 Å². The molecule has 0 aliphatic rings. The van der Waals surface area contributed by atoms with Gasteiger partial charge in [0.2, 0.25) is 0 Å². The highest BCUT2D eigenvalue weighted by molar-refractivity contribution is 5.81. The van der Waals surface area contributed by atoms with Gasteiger partial charge in [0.25, 0.3) is 0 Å². The van der Waals surface area contributed by atoms with Crippen molar-refractivity contribution in [2.24, 2.45) is 0 Å². The molecule has 0 aliphatic heterocycles. The molecule has 1 aromatic carbocycles. The molecule has 0 bridgehead atoms. The van der Waals surface area contributed by atoms with Gasteiger partial charge in [0.05, 0.1) is 35.2 Å². The molecule has 6 nitrogen and oxygen atoms in total. The van der Waals surface area contributed by atoms with Crippen LogP contribution in [0.5, 0.6) is 0 Å². The van der Waals surface area contributed by atoms with E-state index in [0.717, 1.165) is 28.6 Å².